The van der Waals surface area contributed by atoms with Crippen molar-refractivity contribution >= 4 is 11.4 Å². The molecule has 0 amide bonds. The summed E-state index contributed by atoms with van der Waals surface area (Å²) in [5.41, 5.74) is 4.95. The Hall–Kier alpha value is -1.42. The second-order valence-corrected chi connectivity index (χ2v) is 6.50. The zero-order valence-electron chi connectivity index (χ0n) is 13.7. The normalized spacial score (nSPS) is 16.2. The molecule has 2 rings (SSSR count). The van der Waals surface area contributed by atoms with Crippen molar-refractivity contribution in [2.45, 2.75) is 58.5 Å². The summed E-state index contributed by atoms with van der Waals surface area (Å²) >= 11 is 0. The molecule has 1 aliphatic rings. The van der Waals surface area contributed by atoms with Crippen LogP contribution in [0.5, 0.6) is 0 Å². The van der Waals surface area contributed by atoms with Gasteiger partial charge >= 0.3 is 0 Å². The lowest BCUT2D eigenvalue weighted by molar-refractivity contribution is 0.401. The van der Waals surface area contributed by atoms with Crippen LogP contribution in [-0.2, 0) is 6.54 Å². The van der Waals surface area contributed by atoms with Gasteiger partial charge in [-0.3, -0.25) is 0 Å². The smallest absolute Gasteiger partial charge is 0.114 e. The Morgan fingerprint density at radius 2 is 1.90 bits per heavy atom. The average molecular weight is 289 g/mol. The molecule has 0 unspecified atom stereocenters. The molecule has 0 saturated heterocycles. The summed E-state index contributed by atoms with van der Waals surface area (Å²) in [4.78, 5) is 13.2. The van der Waals surface area contributed by atoms with Crippen molar-refractivity contribution in [3.05, 3.63) is 27.7 Å². The van der Waals surface area contributed by atoms with Crippen LogP contribution in [0.2, 0.25) is 0 Å². The minimum Gasteiger partial charge on any atom is -0.382 e. The highest BCUT2D eigenvalue weighted by Crippen LogP contribution is 2.34. The van der Waals surface area contributed by atoms with Crippen LogP contribution < -0.4 is 5.32 Å². The lowest BCUT2D eigenvalue weighted by Gasteiger charge is -2.27. The maximum atomic E-state index is 11.1. The van der Waals surface area contributed by atoms with Crippen molar-refractivity contribution in [3.63, 3.8) is 0 Å². The van der Waals surface area contributed by atoms with Gasteiger partial charge in [0.05, 0.1) is 0 Å². The Balaban J connectivity index is 2.34. The highest BCUT2D eigenvalue weighted by Gasteiger charge is 2.18. The zero-order chi connectivity index (χ0) is 15.4. The summed E-state index contributed by atoms with van der Waals surface area (Å²) in [5.74, 6) is 0. The van der Waals surface area contributed by atoms with Crippen molar-refractivity contribution in [2.75, 3.05) is 19.4 Å². The summed E-state index contributed by atoms with van der Waals surface area (Å²) in [7, 11) is 4.11. The van der Waals surface area contributed by atoms with Crippen LogP contribution >= 0.6 is 0 Å². The van der Waals surface area contributed by atoms with Gasteiger partial charge in [-0.15, -0.1) is 4.91 Å². The third kappa shape index (κ3) is 3.82. The monoisotopic (exact) mass is 289 g/mol. The molecule has 1 fully saturated rings. The second kappa shape index (κ2) is 7.03. The van der Waals surface area contributed by atoms with Gasteiger partial charge in [0.25, 0.3) is 0 Å². The molecule has 1 aromatic carbocycles. The summed E-state index contributed by atoms with van der Waals surface area (Å²) < 4.78 is 0. The SMILES string of the molecule is Cc1cc(NC2CCCCC2)c(CN(C)C)c(C)c1N=O. The first kappa shape index (κ1) is 16.0. The van der Waals surface area contributed by atoms with Gasteiger partial charge in [0.2, 0.25) is 0 Å². The summed E-state index contributed by atoms with van der Waals surface area (Å²) in [6, 6.07) is 2.66. The Morgan fingerprint density at radius 3 is 2.48 bits per heavy atom. The minimum atomic E-state index is 0.563. The van der Waals surface area contributed by atoms with E-state index in [4.69, 9.17) is 0 Å². The van der Waals surface area contributed by atoms with E-state index in [2.05, 4.69) is 35.6 Å². The van der Waals surface area contributed by atoms with Crippen LogP contribution in [0.15, 0.2) is 11.2 Å². The van der Waals surface area contributed by atoms with E-state index in [9.17, 15) is 4.91 Å². The fraction of sp³-hybridized carbons (Fsp3) is 0.647. The number of nitrogens with one attached hydrogen (secondary N) is 1. The number of nitroso groups, excluding NO2 is 1. The molecule has 21 heavy (non-hydrogen) atoms. The number of hydrogen-bond acceptors (Lipinski definition) is 4. The van der Waals surface area contributed by atoms with Crippen LogP contribution in [0.4, 0.5) is 11.4 Å². The third-order valence-corrected chi connectivity index (χ3v) is 4.40. The molecule has 1 saturated carbocycles. The van der Waals surface area contributed by atoms with Crippen molar-refractivity contribution in [1.82, 2.24) is 4.90 Å². The third-order valence-electron chi connectivity index (χ3n) is 4.40. The molecule has 0 bridgehead atoms. The van der Waals surface area contributed by atoms with Crippen molar-refractivity contribution < 1.29 is 0 Å². The average Bonchev–Trinajstić information content (AvgIpc) is 2.44. The number of anilines is 1. The molecule has 0 spiro atoms. The molecule has 1 N–H and O–H groups in total. The van der Waals surface area contributed by atoms with E-state index in [1.807, 2.05) is 13.8 Å². The Labute approximate surface area is 127 Å². The maximum Gasteiger partial charge on any atom is 0.114 e. The largest absolute Gasteiger partial charge is 0.382 e. The quantitative estimate of drug-likeness (QED) is 0.811. The van der Waals surface area contributed by atoms with E-state index in [-0.39, 0.29) is 0 Å². The molecule has 0 radical (unpaired) electrons. The molecule has 1 aliphatic carbocycles. The standard InChI is InChI=1S/C17H27N3O/c1-12-10-16(18-14-8-6-5-7-9-14)15(11-20(3)4)13(2)17(12)19-21/h10,14,18H,5-9,11H2,1-4H3. The van der Waals surface area contributed by atoms with E-state index in [0.717, 1.165) is 17.7 Å². The van der Waals surface area contributed by atoms with Gasteiger partial charge in [-0.25, -0.2) is 0 Å². The summed E-state index contributed by atoms with van der Waals surface area (Å²) in [6.45, 7) is 4.80. The highest BCUT2D eigenvalue weighted by molar-refractivity contribution is 5.67. The predicted molar refractivity (Wildman–Crippen MR) is 89.3 cm³/mol. The van der Waals surface area contributed by atoms with Crippen LogP contribution in [-0.4, -0.2) is 25.0 Å². The van der Waals surface area contributed by atoms with Crippen LogP contribution in [0, 0.1) is 18.8 Å². The summed E-state index contributed by atoms with van der Waals surface area (Å²) in [5, 5.41) is 6.95. The molecule has 116 valence electrons. The lowest BCUT2D eigenvalue weighted by Crippen LogP contribution is -2.24. The molecular weight excluding hydrogens is 262 g/mol. The number of benzene rings is 1. The minimum absolute atomic E-state index is 0.563. The van der Waals surface area contributed by atoms with Crippen LogP contribution in [0.3, 0.4) is 0 Å². The lowest BCUT2D eigenvalue weighted by atomic mass is 9.94. The number of aryl methyl sites for hydroxylation is 1. The van der Waals surface area contributed by atoms with Gasteiger partial charge in [-0.2, -0.15) is 0 Å². The molecule has 0 heterocycles. The van der Waals surface area contributed by atoms with Gasteiger partial charge < -0.3 is 10.2 Å². The van der Waals surface area contributed by atoms with Gasteiger partial charge in [-0.1, -0.05) is 19.3 Å². The number of rotatable bonds is 5. The molecule has 1 aromatic rings. The highest BCUT2D eigenvalue weighted by atomic mass is 16.3. The Morgan fingerprint density at radius 1 is 1.24 bits per heavy atom. The number of nitrogens with zero attached hydrogens (tertiary/aromatic N) is 2. The van der Waals surface area contributed by atoms with Gasteiger partial charge in [0.15, 0.2) is 0 Å². The van der Waals surface area contributed by atoms with E-state index < -0.39 is 0 Å². The van der Waals surface area contributed by atoms with E-state index in [1.54, 1.807) is 0 Å². The maximum absolute atomic E-state index is 11.1. The fourth-order valence-electron chi connectivity index (χ4n) is 3.27. The molecular formula is C17H27N3O. The topological polar surface area (TPSA) is 44.7 Å². The molecule has 4 heteroatoms. The van der Waals surface area contributed by atoms with Gasteiger partial charge in [0.1, 0.15) is 5.69 Å². The molecule has 0 aliphatic heterocycles. The molecule has 4 nitrogen and oxygen atoms in total. The van der Waals surface area contributed by atoms with Crippen LogP contribution in [0.1, 0.15) is 48.8 Å². The molecule has 0 aromatic heterocycles. The van der Waals surface area contributed by atoms with E-state index >= 15 is 0 Å². The van der Waals surface area contributed by atoms with Crippen molar-refractivity contribution in [1.29, 1.82) is 0 Å². The van der Waals surface area contributed by atoms with E-state index in [0.29, 0.717) is 11.7 Å². The van der Waals surface area contributed by atoms with E-state index in [1.165, 1.54) is 43.4 Å². The second-order valence-electron chi connectivity index (χ2n) is 6.50. The molecule has 0 atom stereocenters. The zero-order valence-corrected chi connectivity index (χ0v) is 13.7. The van der Waals surface area contributed by atoms with Crippen LogP contribution in [0.25, 0.3) is 0 Å². The first-order valence-corrected chi connectivity index (χ1v) is 7.90. The summed E-state index contributed by atoms with van der Waals surface area (Å²) in [6.07, 6.45) is 6.47. The fourth-order valence-corrected chi connectivity index (χ4v) is 3.27. The van der Waals surface area contributed by atoms with Crippen molar-refractivity contribution in [2.24, 2.45) is 5.18 Å². The number of hydrogen-bond donors (Lipinski definition) is 1. The van der Waals surface area contributed by atoms with Gasteiger partial charge in [0, 0.05) is 18.3 Å². The Bertz CT molecular complexity index is 505. The Kier molecular flexibility index (Phi) is 5.34. The van der Waals surface area contributed by atoms with Crippen molar-refractivity contribution in [3.8, 4) is 0 Å². The van der Waals surface area contributed by atoms with Gasteiger partial charge in [-0.05, 0) is 68.7 Å². The first-order valence-electron chi connectivity index (χ1n) is 7.90. The first-order chi connectivity index (χ1) is 10.0. The predicted octanol–water partition coefficient (Wildman–Crippen LogP) is 4.51.